The summed E-state index contributed by atoms with van der Waals surface area (Å²) in [6, 6.07) is 2.59. The Hall–Kier alpha value is -2.50. The Kier molecular flexibility index (Phi) is 4.46. The van der Waals surface area contributed by atoms with E-state index in [1.807, 2.05) is 0 Å². The maximum Gasteiger partial charge on any atom is 0.341 e. The molecule has 0 amide bonds. The summed E-state index contributed by atoms with van der Waals surface area (Å²) in [5.41, 5.74) is 2.06. The highest BCUT2D eigenvalue weighted by Crippen LogP contribution is 2.38. The average molecular weight is 330 g/mol. The highest BCUT2D eigenvalue weighted by molar-refractivity contribution is 5.92. The van der Waals surface area contributed by atoms with Crippen LogP contribution in [-0.4, -0.2) is 21.0 Å². The van der Waals surface area contributed by atoms with Crippen molar-refractivity contribution in [3.05, 3.63) is 46.7 Å². The minimum atomic E-state index is -1.08. The number of halogens is 1. The van der Waals surface area contributed by atoms with E-state index in [-0.39, 0.29) is 11.4 Å². The van der Waals surface area contributed by atoms with Crippen molar-refractivity contribution in [2.24, 2.45) is 0 Å². The Morgan fingerprint density at radius 1 is 1.29 bits per heavy atom. The van der Waals surface area contributed by atoms with Crippen molar-refractivity contribution < 1.29 is 19.0 Å². The first-order valence-electron chi connectivity index (χ1n) is 8.01. The third kappa shape index (κ3) is 3.09. The second kappa shape index (κ2) is 6.55. The van der Waals surface area contributed by atoms with Gasteiger partial charge in [-0.15, -0.1) is 0 Å². The number of carboxylic acids is 1. The molecule has 0 unspecified atom stereocenters. The van der Waals surface area contributed by atoms with Crippen LogP contribution in [0, 0.1) is 19.8 Å². The smallest absolute Gasteiger partial charge is 0.341 e. The zero-order valence-corrected chi connectivity index (χ0v) is 13.7. The van der Waals surface area contributed by atoms with E-state index in [0.29, 0.717) is 22.9 Å². The van der Waals surface area contributed by atoms with Crippen LogP contribution in [0.15, 0.2) is 18.3 Å². The van der Waals surface area contributed by atoms with E-state index in [1.165, 1.54) is 12.1 Å². The Bertz CT molecular complexity index is 786. The summed E-state index contributed by atoms with van der Waals surface area (Å²) in [6.07, 6.45) is 6.14. The van der Waals surface area contributed by atoms with Gasteiger partial charge >= 0.3 is 5.97 Å². The molecule has 0 spiro atoms. The molecule has 1 aliphatic carbocycles. The van der Waals surface area contributed by atoms with Crippen LogP contribution in [0.5, 0.6) is 11.6 Å². The Labute approximate surface area is 139 Å². The van der Waals surface area contributed by atoms with Crippen LogP contribution in [0.1, 0.15) is 58.8 Å². The standard InChI is InChI=1S/C18H19FN2O3/c1-10-13(12-5-3-4-6-12)9-20-17(16(10)18(22)23)24-14-7-8-15(19)21-11(14)2/h7-9,12H,3-6H2,1-2H3,(H,22,23). The molecule has 5 nitrogen and oxygen atoms in total. The molecule has 0 saturated heterocycles. The number of hydrogen-bond donors (Lipinski definition) is 1. The summed E-state index contributed by atoms with van der Waals surface area (Å²) < 4.78 is 18.7. The third-order valence-corrected chi connectivity index (χ3v) is 4.56. The monoisotopic (exact) mass is 330 g/mol. The van der Waals surface area contributed by atoms with Gasteiger partial charge in [-0.2, -0.15) is 4.39 Å². The summed E-state index contributed by atoms with van der Waals surface area (Å²) in [4.78, 5) is 19.7. The molecular weight excluding hydrogens is 311 g/mol. The number of aryl methyl sites for hydroxylation is 1. The highest BCUT2D eigenvalue weighted by Gasteiger charge is 2.25. The van der Waals surface area contributed by atoms with Crippen LogP contribution in [0.25, 0.3) is 0 Å². The fourth-order valence-corrected chi connectivity index (χ4v) is 3.30. The van der Waals surface area contributed by atoms with Crippen molar-refractivity contribution in [3.8, 4) is 11.6 Å². The molecule has 0 bridgehead atoms. The van der Waals surface area contributed by atoms with Crippen LogP contribution in [0.2, 0.25) is 0 Å². The van der Waals surface area contributed by atoms with Gasteiger partial charge in [0.1, 0.15) is 5.56 Å². The summed E-state index contributed by atoms with van der Waals surface area (Å²) >= 11 is 0. The van der Waals surface area contributed by atoms with Gasteiger partial charge in [0.15, 0.2) is 5.75 Å². The minimum Gasteiger partial charge on any atom is -0.477 e. The molecule has 1 fully saturated rings. The number of aromatic nitrogens is 2. The van der Waals surface area contributed by atoms with Gasteiger partial charge in [0.25, 0.3) is 0 Å². The second-order valence-electron chi connectivity index (χ2n) is 6.12. The van der Waals surface area contributed by atoms with Crippen molar-refractivity contribution in [3.63, 3.8) is 0 Å². The van der Waals surface area contributed by atoms with E-state index < -0.39 is 11.9 Å². The number of ether oxygens (including phenoxy) is 1. The lowest BCUT2D eigenvalue weighted by Crippen LogP contribution is -2.09. The van der Waals surface area contributed by atoms with E-state index in [0.717, 1.165) is 31.2 Å². The van der Waals surface area contributed by atoms with Gasteiger partial charge in [-0.1, -0.05) is 12.8 Å². The summed E-state index contributed by atoms with van der Waals surface area (Å²) in [5.74, 6) is -1.03. The molecule has 0 aromatic carbocycles. The number of rotatable bonds is 4. The number of aromatic carboxylic acids is 1. The number of carbonyl (C=O) groups is 1. The molecule has 0 aliphatic heterocycles. The predicted molar refractivity (Wildman–Crippen MR) is 86.1 cm³/mol. The Morgan fingerprint density at radius 2 is 2.00 bits per heavy atom. The Balaban J connectivity index is 2.01. The highest BCUT2D eigenvalue weighted by atomic mass is 19.1. The molecule has 1 N–H and O–H groups in total. The average Bonchev–Trinajstić information content (AvgIpc) is 3.04. The van der Waals surface area contributed by atoms with Crippen LogP contribution in [0.3, 0.4) is 0 Å². The van der Waals surface area contributed by atoms with Crippen molar-refractivity contribution in [2.45, 2.75) is 45.4 Å². The van der Waals surface area contributed by atoms with Crippen molar-refractivity contribution in [1.29, 1.82) is 0 Å². The molecule has 2 aromatic heterocycles. The van der Waals surface area contributed by atoms with Crippen molar-refractivity contribution in [1.82, 2.24) is 9.97 Å². The number of pyridine rings is 2. The van der Waals surface area contributed by atoms with Gasteiger partial charge in [0.2, 0.25) is 11.8 Å². The van der Waals surface area contributed by atoms with E-state index >= 15 is 0 Å². The van der Waals surface area contributed by atoms with E-state index in [4.69, 9.17) is 4.74 Å². The predicted octanol–water partition coefficient (Wildman–Crippen LogP) is 4.38. The van der Waals surface area contributed by atoms with Gasteiger partial charge in [-0.3, -0.25) is 0 Å². The van der Waals surface area contributed by atoms with E-state index in [1.54, 1.807) is 20.0 Å². The van der Waals surface area contributed by atoms with Crippen LogP contribution in [-0.2, 0) is 0 Å². The molecule has 3 rings (SSSR count). The first-order valence-corrected chi connectivity index (χ1v) is 8.01. The minimum absolute atomic E-state index is 0.0123. The van der Waals surface area contributed by atoms with Gasteiger partial charge in [-0.05, 0) is 55.9 Å². The number of carboxylic acid groups (broad SMARTS) is 1. The SMILES string of the molecule is Cc1nc(F)ccc1Oc1ncc(C2CCCC2)c(C)c1C(=O)O. The van der Waals surface area contributed by atoms with Gasteiger partial charge in [0, 0.05) is 6.20 Å². The fraction of sp³-hybridized carbons (Fsp3) is 0.389. The number of nitrogens with zero attached hydrogens (tertiary/aromatic N) is 2. The van der Waals surface area contributed by atoms with E-state index in [9.17, 15) is 14.3 Å². The normalized spacial score (nSPS) is 14.8. The van der Waals surface area contributed by atoms with Gasteiger partial charge in [0.05, 0.1) is 5.69 Å². The maximum atomic E-state index is 13.1. The zero-order valence-electron chi connectivity index (χ0n) is 13.7. The maximum absolute atomic E-state index is 13.1. The van der Waals surface area contributed by atoms with Crippen molar-refractivity contribution >= 4 is 5.97 Å². The Morgan fingerprint density at radius 3 is 2.62 bits per heavy atom. The molecule has 1 saturated carbocycles. The lowest BCUT2D eigenvalue weighted by molar-refractivity contribution is 0.0692. The first-order chi connectivity index (χ1) is 11.5. The second-order valence-corrected chi connectivity index (χ2v) is 6.12. The molecule has 126 valence electrons. The topological polar surface area (TPSA) is 72.3 Å². The lowest BCUT2D eigenvalue weighted by Gasteiger charge is -2.17. The summed E-state index contributed by atoms with van der Waals surface area (Å²) in [7, 11) is 0. The lowest BCUT2D eigenvalue weighted by atomic mass is 9.93. The molecule has 0 radical (unpaired) electrons. The summed E-state index contributed by atoms with van der Waals surface area (Å²) in [5, 5.41) is 9.61. The van der Waals surface area contributed by atoms with Crippen LogP contribution in [0.4, 0.5) is 4.39 Å². The largest absolute Gasteiger partial charge is 0.477 e. The fourth-order valence-electron chi connectivity index (χ4n) is 3.30. The molecule has 2 heterocycles. The molecule has 6 heteroatoms. The zero-order chi connectivity index (χ0) is 17.3. The molecule has 2 aromatic rings. The van der Waals surface area contributed by atoms with Crippen LogP contribution < -0.4 is 4.74 Å². The van der Waals surface area contributed by atoms with Crippen molar-refractivity contribution in [2.75, 3.05) is 0 Å². The van der Waals surface area contributed by atoms with Gasteiger partial charge in [-0.25, -0.2) is 14.8 Å². The molecular formula is C18H19FN2O3. The van der Waals surface area contributed by atoms with Gasteiger partial charge < -0.3 is 9.84 Å². The first kappa shape index (κ1) is 16.4. The summed E-state index contributed by atoms with van der Waals surface area (Å²) in [6.45, 7) is 3.39. The van der Waals surface area contributed by atoms with Crippen LogP contribution >= 0.6 is 0 Å². The third-order valence-electron chi connectivity index (χ3n) is 4.56. The number of hydrogen-bond acceptors (Lipinski definition) is 4. The van der Waals surface area contributed by atoms with E-state index in [2.05, 4.69) is 9.97 Å². The molecule has 0 atom stereocenters. The molecule has 24 heavy (non-hydrogen) atoms. The quantitative estimate of drug-likeness (QED) is 0.842. The molecule has 1 aliphatic rings.